The predicted octanol–water partition coefficient (Wildman–Crippen LogP) is 2.24. The Bertz CT molecular complexity index is 421. The molecule has 0 fully saturated rings. The normalized spacial score (nSPS) is 10.3. The molecule has 112 valence electrons. The Kier molecular flexibility index (Phi) is 8.09. The summed E-state index contributed by atoms with van der Waals surface area (Å²) in [6, 6.07) is 0. The molecule has 7 heteroatoms. The summed E-state index contributed by atoms with van der Waals surface area (Å²) in [7, 11) is 0. The van der Waals surface area contributed by atoms with Crippen molar-refractivity contribution in [3.63, 3.8) is 0 Å². The van der Waals surface area contributed by atoms with Gasteiger partial charge in [-0.2, -0.15) is 23.5 Å². The Morgan fingerprint density at radius 1 is 1.10 bits per heavy atom. The monoisotopic (exact) mass is 332 g/mol. The van der Waals surface area contributed by atoms with E-state index in [-0.39, 0.29) is 11.8 Å². The lowest BCUT2D eigenvalue weighted by Gasteiger charge is -2.05. The zero-order valence-electron chi connectivity index (χ0n) is 11.9. The molecule has 0 radical (unpaired) electrons. The van der Waals surface area contributed by atoms with Gasteiger partial charge in [0.25, 0.3) is 11.8 Å². The highest BCUT2D eigenvalue weighted by molar-refractivity contribution is 7.98. The molecule has 0 bridgehead atoms. The highest BCUT2D eigenvalue weighted by Crippen LogP contribution is 2.21. The molecule has 0 aromatic carbocycles. The van der Waals surface area contributed by atoms with E-state index in [9.17, 15) is 9.59 Å². The standard InChI is InChI=1S/C13H20N2O2S3/c1-9-10(12(16)14-4-6-18-2)8-20-11(9)13(17)15-5-7-19-3/h8H,4-7H2,1-3H3,(H,14,16)(H,15,17). The van der Waals surface area contributed by atoms with Gasteiger partial charge in [-0.25, -0.2) is 0 Å². The maximum Gasteiger partial charge on any atom is 0.261 e. The summed E-state index contributed by atoms with van der Waals surface area (Å²) in [6.45, 7) is 3.11. The van der Waals surface area contributed by atoms with Gasteiger partial charge >= 0.3 is 0 Å². The summed E-state index contributed by atoms with van der Waals surface area (Å²) in [6.07, 6.45) is 4.00. The largest absolute Gasteiger partial charge is 0.351 e. The number of thioether (sulfide) groups is 2. The molecule has 1 heterocycles. The highest BCUT2D eigenvalue weighted by Gasteiger charge is 2.18. The number of nitrogens with one attached hydrogen (secondary N) is 2. The average Bonchev–Trinajstić information content (AvgIpc) is 2.81. The van der Waals surface area contributed by atoms with Crippen LogP contribution in [0.1, 0.15) is 25.6 Å². The van der Waals surface area contributed by atoms with Gasteiger partial charge in [0.05, 0.1) is 10.4 Å². The van der Waals surface area contributed by atoms with E-state index in [1.165, 1.54) is 11.3 Å². The molecule has 0 unspecified atom stereocenters. The summed E-state index contributed by atoms with van der Waals surface area (Å²) >= 11 is 4.70. The maximum absolute atomic E-state index is 12.0. The van der Waals surface area contributed by atoms with Crippen molar-refractivity contribution in [3.8, 4) is 0 Å². The summed E-state index contributed by atoms with van der Waals surface area (Å²) in [5.41, 5.74) is 1.37. The Labute approximate surface area is 132 Å². The van der Waals surface area contributed by atoms with Crippen molar-refractivity contribution in [2.75, 3.05) is 37.1 Å². The van der Waals surface area contributed by atoms with Crippen molar-refractivity contribution in [1.82, 2.24) is 10.6 Å². The van der Waals surface area contributed by atoms with E-state index in [4.69, 9.17) is 0 Å². The molecule has 20 heavy (non-hydrogen) atoms. The molecule has 0 saturated carbocycles. The van der Waals surface area contributed by atoms with E-state index in [1.807, 2.05) is 19.4 Å². The Morgan fingerprint density at radius 2 is 1.65 bits per heavy atom. The topological polar surface area (TPSA) is 58.2 Å². The molecular formula is C13H20N2O2S3. The van der Waals surface area contributed by atoms with Crippen molar-refractivity contribution in [3.05, 3.63) is 21.4 Å². The molecule has 1 aromatic heterocycles. The molecule has 0 aliphatic heterocycles. The van der Waals surface area contributed by atoms with Crippen LogP contribution in [0.5, 0.6) is 0 Å². The molecule has 1 aromatic rings. The number of hydrogen-bond donors (Lipinski definition) is 2. The lowest BCUT2D eigenvalue weighted by molar-refractivity contribution is 0.0955. The van der Waals surface area contributed by atoms with Crippen LogP contribution in [-0.2, 0) is 0 Å². The SMILES string of the molecule is CSCCNC(=O)c1csc(C(=O)NCCSC)c1C. The predicted molar refractivity (Wildman–Crippen MR) is 90.5 cm³/mol. The van der Waals surface area contributed by atoms with Gasteiger partial charge in [-0.3, -0.25) is 9.59 Å². The van der Waals surface area contributed by atoms with Gasteiger partial charge in [0, 0.05) is 30.0 Å². The van der Waals surface area contributed by atoms with Gasteiger partial charge in [-0.15, -0.1) is 11.3 Å². The second-order valence-electron chi connectivity index (χ2n) is 4.10. The first-order chi connectivity index (χ1) is 9.61. The second-order valence-corrected chi connectivity index (χ2v) is 6.95. The van der Waals surface area contributed by atoms with Crippen molar-refractivity contribution >= 4 is 46.7 Å². The van der Waals surface area contributed by atoms with E-state index in [2.05, 4.69) is 10.6 Å². The van der Waals surface area contributed by atoms with E-state index in [1.54, 1.807) is 28.9 Å². The molecule has 2 N–H and O–H groups in total. The number of carbonyl (C=O) groups is 2. The molecule has 0 saturated heterocycles. The van der Waals surface area contributed by atoms with Crippen LogP contribution in [0.4, 0.5) is 0 Å². The van der Waals surface area contributed by atoms with Gasteiger partial charge in [0.15, 0.2) is 0 Å². The molecule has 2 amide bonds. The fraction of sp³-hybridized carbons (Fsp3) is 0.538. The highest BCUT2D eigenvalue weighted by atomic mass is 32.2. The van der Waals surface area contributed by atoms with Crippen molar-refractivity contribution in [2.45, 2.75) is 6.92 Å². The molecule has 0 aliphatic rings. The van der Waals surface area contributed by atoms with Gasteiger partial charge < -0.3 is 10.6 Å². The van der Waals surface area contributed by atoms with Crippen LogP contribution in [0.25, 0.3) is 0 Å². The first-order valence-electron chi connectivity index (χ1n) is 6.24. The Morgan fingerprint density at radius 3 is 2.20 bits per heavy atom. The fourth-order valence-corrected chi connectivity index (χ4v) is 3.17. The fourth-order valence-electron chi connectivity index (χ4n) is 1.57. The molecule has 0 aliphatic carbocycles. The summed E-state index contributed by atoms with van der Waals surface area (Å²) in [5.74, 6) is 1.58. The molecule has 0 spiro atoms. The van der Waals surface area contributed by atoms with Crippen LogP contribution in [0.2, 0.25) is 0 Å². The number of hydrogen-bond acceptors (Lipinski definition) is 5. The summed E-state index contributed by atoms with van der Waals surface area (Å²) in [5, 5.41) is 7.48. The van der Waals surface area contributed by atoms with Gasteiger partial charge in [0.2, 0.25) is 0 Å². The zero-order chi connectivity index (χ0) is 15.0. The Hall–Kier alpha value is -0.660. The van der Waals surface area contributed by atoms with Gasteiger partial charge in [0.1, 0.15) is 0 Å². The van der Waals surface area contributed by atoms with Crippen molar-refractivity contribution < 1.29 is 9.59 Å². The third-order valence-electron chi connectivity index (χ3n) is 2.67. The second kappa shape index (κ2) is 9.31. The lowest BCUT2D eigenvalue weighted by Crippen LogP contribution is -2.27. The lowest BCUT2D eigenvalue weighted by atomic mass is 10.1. The minimum atomic E-state index is -0.101. The first-order valence-corrected chi connectivity index (χ1v) is 9.91. The van der Waals surface area contributed by atoms with Crippen LogP contribution in [-0.4, -0.2) is 48.9 Å². The third kappa shape index (κ3) is 5.03. The minimum absolute atomic E-state index is 0.0929. The molecule has 0 atom stereocenters. The molecule has 4 nitrogen and oxygen atoms in total. The van der Waals surface area contributed by atoms with E-state index in [0.29, 0.717) is 23.5 Å². The molecular weight excluding hydrogens is 312 g/mol. The number of amides is 2. The maximum atomic E-state index is 12.0. The average molecular weight is 333 g/mol. The molecule has 1 rings (SSSR count). The van der Waals surface area contributed by atoms with E-state index >= 15 is 0 Å². The number of carbonyl (C=O) groups excluding carboxylic acids is 2. The zero-order valence-corrected chi connectivity index (χ0v) is 14.4. The number of thiophene rings is 1. The summed E-state index contributed by atoms with van der Waals surface area (Å²) in [4.78, 5) is 24.6. The van der Waals surface area contributed by atoms with Crippen LogP contribution in [0.3, 0.4) is 0 Å². The van der Waals surface area contributed by atoms with E-state index in [0.717, 1.165) is 17.1 Å². The van der Waals surface area contributed by atoms with Crippen LogP contribution >= 0.6 is 34.9 Å². The van der Waals surface area contributed by atoms with E-state index < -0.39 is 0 Å². The minimum Gasteiger partial charge on any atom is -0.351 e. The van der Waals surface area contributed by atoms with Gasteiger partial charge in [-0.05, 0) is 25.0 Å². The van der Waals surface area contributed by atoms with Crippen LogP contribution < -0.4 is 10.6 Å². The third-order valence-corrected chi connectivity index (χ3v) is 4.98. The van der Waals surface area contributed by atoms with Crippen molar-refractivity contribution in [1.29, 1.82) is 0 Å². The first kappa shape index (κ1) is 17.4. The Balaban J connectivity index is 2.64. The number of rotatable bonds is 8. The smallest absolute Gasteiger partial charge is 0.261 e. The van der Waals surface area contributed by atoms with Crippen molar-refractivity contribution in [2.24, 2.45) is 0 Å². The van der Waals surface area contributed by atoms with Gasteiger partial charge in [-0.1, -0.05) is 0 Å². The van der Waals surface area contributed by atoms with Crippen LogP contribution in [0.15, 0.2) is 5.38 Å². The summed E-state index contributed by atoms with van der Waals surface area (Å²) < 4.78 is 0. The van der Waals surface area contributed by atoms with Crippen LogP contribution in [0, 0.1) is 6.92 Å². The quantitative estimate of drug-likeness (QED) is 0.717.